The van der Waals surface area contributed by atoms with Gasteiger partial charge in [0.2, 0.25) is 0 Å². The molecule has 94 valence electrons. The van der Waals surface area contributed by atoms with Crippen molar-refractivity contribution in [2.24, 2.45) is 0 Å². The van der Waals surface area contributed by atoms with Crippen LogP contribution in [-0.2, 0) is 6.54 Å². The lowest BCUT2D eigenvalue weighted by molar-refractivity contribution is 0.635. The third kappa shape index (κ3) is 2.42. The average Bonchev–Trinajstić information content (AvgIpc) is 2.35. The number of rotatable bonds is 3. The Balaban J connectivity index is 2.38. The van der Waals surface area contributed by atoms with Crippen molar-refractivity contribution in [2.45, 2.75) is 20.4 Å². The summed E-state index contributed by atoms with van der Waals surface area (Å²) in [6.45, 7) is 4.62. The number of nitrogens with one attached hydrogen (secondary N) is 1. The van der Waals surface area contributed by atoms with Crippen LogP contribution in [0.25, 0.3) is 0 Å². The Bertz CT molecular complexity index is 596. The third-order valence-electron chi connectivity index (χ3n) is 3.11. The third-order valence-corrected chi connectivity index (χ3v) is 3.11. The monoisotopic (exact) mass is 243 g/mol. The van der Waals surface area contributed by atoms with E-state index in [0.29, 0.717) is 6.54 Å². The van der Waals surface area contributed by atoms with E-state index in [9.17, 15) is 4.79 Å². The molecule has 0 aliphatic rings. The zero-order valence-electron chi connectivity index (χ0n) is 10.9. The fourth-order valence-electron chi connectivity index (χ4n) is 1.94. The van der Waals surface area contributed by atoms with Gasteiger partial charge in [-0.2, -0.15) is 5.10 Å². The summed E-state index contributed by atoms with van der Waals surface area (Å²) in [6, 6.07) is 7.68. The maximum Gasteiger partial charge on any atom is 0.269 e. The molecule has 0 spiro atoms. The minimum absolute atomic E-state index is 0.0931. The number of aryl methyl sites for hydroxylation is 2. The lowest BCUT2D eigenvalue weighted by Crippen LogP contribution is -2.23. The van der Waals surface area contributed by atoms with Gasteiger partial charge in [-0.05, 0) is 30.5 Å². The van der Waals surface area contributed by atoms with Crippen LogP contribution in [0.2, 0.25) is 0 Å². The Kier molecular flexibility index (Phi) is 3.46. The molecule has 1 heterocycles. The fourth-order valence-corrected chi connectivity index (χ4v) is 1.94. The average molecular weight is 243 g/mol. The second-order valence-electron chi connectivity index (χ2n) is 4.36. The van der Waals surface area contributed by atoms with Crippen molar-refractivity contribution in [3.05, 3.63) is 57.5 Å². The number of anilines is 1. The van der Waals surface area contributed by atoms with Crippen LogP contribution in [0.4, 0.5) is 5.69 Å². The zero-order chi connectivity index (χ0) is 13.1. The summed E-state index contributed by atoms with van der Waals surface area (Å²) in [5.41, 5.74) is 4.16. The van der Waals surface area contributed by atoms with Gasteiger partial charge in [0.15, 0.2) is 0 Å². The van der Waals surface area contributed by atoms with Crippen molar-refractivity contribution < 1.29 is 0 Å². The molecule has 0 fully saturated rings. The van der Waals surface area contributed by atoms with Gasteiger partial charge in [-0.1, -0.05) is 18.2 Å². The molecule has 0 atom stereocenters. The Morgan fingerprint density at radius 2 is 1.94 bits per heavy atom. The Morgan fingerprint density at radius 3 is 2.50 bits per heavy atom. The van der Waals surface area contributed by atoms with Crippen LogP contribution < -0.4 is 10.9 Å². The molecule has 0 saturated carbocycles. The van der Waals surface area contributed by atoms with Crippen LogP contribution in [0, 0.1) is 13.8 Å². The molecule has 0 radical (unpaired) electrons. The minimum atomic E-state index is -0.0931. The maximum absolute atomic E-state index is 11.9. The molecular formula is C14H17N3O. The Labute approximate surface area is 106 Å². The highest BCUT2D eigenvalue weighted by atomic mass is 16.1. The van der Waals surface area contributed by atoms with Gasteiger partial charge in [0.05, 0.1) is 18.4 Å². The van der Waals surface area contributed by atoms with Gasteiger partial charge >= 0.3 is 0 Å². The SMILES string of the molecule is CNc1cnn(Cc2c(C)cccc2C)c(=O)c1. The molecule has 0 saturated heterocycles. The highest BCUT2D eigenvalue weighted by molar-refractivity contribution is 5.38. The van der Waals surface area contributed by atoms with Crippen LogP contribution in [0.1, 0.15) is 16.7 Å². The van der Waals surface area contributed by atoms with Crippen molar-refractivity contribution in [1.82, 2.24) is 9.78 Å². The van der Waals surface area contributed by atoms with Crippen LogP contribution in [0.3, 0.4) is 0 Å². The first-order valence-electron chi connectivity index (χ1n) is 5.92. The summed E-state index contributed by atoms with van der Waals surface area (Å²) in [6.07, 6.45) is 1.66. The van der Waals surface area contributed by atoms with Crippen LogP contribution in [0.5, 0.6) is 0 Å². The van der Waals surface area contributed by atoms with E-state index in [0.717, 1.165) is 11.3 Å². The second-order valence-corrected chi connectivity index (χ2v) is 4.36. The summed E-state index contributed by atoms with van der Waals surface area (Å²) in [7, 11) is 1.77. The quantitative estimate of drug-likeness (QED) is 0.896. The smallest absolute Gasteiger partial charge is 0.269 e. The molecule has 1 N–H and O–H groups in total. The van der Waals surface area contributed by atoms with Crippen molar-refractivity contribution >= 4 is 5.69 Å². The van der Waals surface area contributed by atoms with E-state index in [-0.39, 0.29) is 5.56 Å². The molecule has 0 bridgehead atoms. The number of hydrogen-bond donors (Lipinski definition) is 1. The summed E-state index contributed by atoms with van der Waals surface area (Å²) in [4.78, 5) is 11.9. The minimum Gasteiger partial charge on any atom is -0.387 e. The fraction of sp³-hybridized carbons (Fsp3) is 0.286. The van der Waals surface area contributed by atoms with Gasteiger partial charge in [-0.3, -0.25) is 4.79 Å². The molecule has 2 aromatic rings. The molecule has 1 aromatic heterocycles. The molecule has 2 rings (SSSR count). The number of benzene rings is 1. The van der Waals surface area contributed by atoms with E-state index >= 15 is 0 Å². The van der Waals surface area contributed by atoms with Crippen molar-refractivity contribution in [3.63, 3.8) is 0 Å². The van der Waals surface area contributed by atoms with E-state index in [4.69, 9.17) is 0 Å². The standard InChI is InChI=1S/C14H17N3O/c1-10-5-4-6-11(2)13(10)9-17-14(18)7-12(15-3)8-16-17/h4-8,15H,9H2,1-3H3. The largest absolute Gasteiger partial charge is 0.387 e. The van der Waals surface area contributed by atoms with Crippen molar-refractivity contribution in [2.75, 3.05) is 12.4 Å². The molecule has 4 nitrogen and oxygen atoms in total. The number of hydrogen-bond acceptors (Lipinski definition) is 3. The van der Waals surface area contributed by atoms with E-state index in [1.807, 2.05) is 6.07 Å². The molecule has 0 unspecified atom stereocenters. The van der Waals surface area contributed by atoms with E-state index in [1.165, 1.54) is 15.8 Å². The van der Waals surface area contributed by atoms with E-state index < -0.39 is 0 Å². The summed E-state index contributed by atoms with van der Waals surface area (Å²) in [5.74, 6) is 0. The maximum atomic E-state index is 11.9. The van der Waals surface area contributed by atoms with Gasteiger partial charge in [0.1, 0.15) is 0 Å². The highest BCUT2D eigenvalue weighted by Crippen LogP contribution is 2.13. The summed E-state index contributed by atoms with van der Waals surface area (Å²) < 4.78 is 1.48. The van der Waals surface area contributed by atoms with E-state index in [1.54, 1.807) is 19.3 Å². The molecule has 18 heavy (non-hydrogen) atoms. The Morgan fingerprint density at radius 1 is 1.28 bits per heavy atom. The van der Waals surface area contributed by atoms with Crippen LogP contribution >= 0.6 is 0 Å². The van der Waals surface area contributed by atoms with Gasteiger partial charge in [0.25, 0.3) is 5.56 Å². The number of aromatic nitrogens is 2. The first kappa shape index (κ1) is 12.4. The molecule has 0 amide bonds. The lowest BCUT2D eigenvalue weighted by Gasteiger charge is -2.11. The highest BCUT2D eigenvalue weighted by Gasteiger charge is 2.05. The van der Waals surface area contributed by atoms with Gasteiger partial charge in [-0.25, -0.2) is 4.68 Å². The first-order chi connectivity index (χ1) is 8.61. The first-order valence-corrected chi connectivity index (χ1v) is 5.92. The topological polar surface area (TPSA) is 46.9 Å². The zero-order valence-corrected chi connectivity index (χ0v) is 10.9. The lowest BCUT2D eigenvalue weighted by atomic mass is 10.0. The second kappa shape index (κ2) is 5.04. The predicted molar refractivity (Wildman–Crippen MR) is 73.1 cm³/mol. The van der Waals surface area contributed by atoms with Crippen molar-refractivity contribution in [3.8, 4) is 0 Å². The Hall–Kier alpha value is -2.10. The van der Waals surface area contributed by atoms with Gasteiger partial charge < -0.3 is 5.32 Å². The summed E-state index contributed by atoms with van der Waals surface area (Å²) in [5, 5.41) is 7.07. The molecule has 1 aromatic carbocycles. The molecule has 0 aliphatic heterocycles. The van der Waals surface area contributed by atoms with Crippen LogP contribution in [0.15, 0.2) is 35.3 Å². The molecular weight excluding hydrogens is 226 g/mol. The summed E-state index contributed by atoms with van der Waals surface area (Å²) >= 11 is 0. The predicted octanol–water partition coefficient (Wildman–Crippen LogP) is 1.95. The van der Waals surface area contributed by atoms with Crippen LogP contribution in [-0.4, -0.2) is 16.8 Å². The number of nitrogens with zero attached hydrogens (tertiary/aromatic N) is 2. The van der Waals surface area contributed by atoms with Crippen molar-refractivity contribution in [1.29, 1.82) is 0 Å². The molecule has 0 aliphatic carbocycles. The van der Waals surface area contributed by atoms with E-state index in [2.05, 4.69) is 36.4 Å². The normalized spacial score (nSPS) is 10.4. The van der Waals surface area contributed by atoms with Gasteiger partial charge in [-0.15, -0.1) is 0 Å². The molecule has 4 heteroatoms. The van der Waals surface area contributed by atoms with Gasteiger partial charge in [0, 0.05) is 13.1 Å².